The summed E-state index contributed by atoms with van der Waals surface area (Å²) in [5, 5.41) is 0. The van der Waals surface area contributed by atoms with E-state index in [1.807, 2.05) is 0 Å². The molecule has 1 unspecified atom stereocenters. The van der Waals surface area contributed by atoms with Crippen LogP contribution in [0.1, 0.15) is 30.9 Å². The maximum absolute atomic E-state index is 13.3. The van der Waals surface area contributed by atoms with Gasteiger partial charge in [0.2, 0.25) is 0 Å². The lowest BCUT2D eigenvalue weighted by molar-refractivity contribution is 0.488. The molecule has 0 spiro atoms. The molecule has 2 N–H and O–H groups in total. The largest absolute Gasteiger partial charge is 0.324 e. The van der Waals surface area contributed by atoms with Gasteiger partial charge in [-0.2, -0.15) is 0 Å². The van der Waals surface area contributed by atoms with Crippen molar-refractivity contribution >= 4 is 0 Å². The fourth-order valence-corrected chi connectivity index (χ4v) is 1.53. The van der Waals surface area contributed by atoms with Gasteiger partial charge in [-0.1, -0.05) is 6.08 Å². The van der Waals surface area contributed by atoms with Gasteiger partial charge in [0.1, 0.15) is 17.5 Å². The third-order valence-corrected chi connectivity index (χ3v) is 2.34. The minimum Gasteiger partial charge on any atom is -0.324 e. The summed E-state index contributed by atoms with van der Waals surface area (Å²) < 4.78 is 39.2. The molecule has 1 nitrogen and oxygen atoms in total. The topological polar surface area (TPSA) is 26.0 Å². The smallest absolute Gasteiger partial charge is 0.133 e. The van der Waals surface area contributed by atoms with Gasteiger partial charge in [-0.05, 0) is 19.3 Å². The first kappa shape index (κ1) is 12.8. The van der Waals surface area contributed by atoms with Gasteiger partial charge in [0.25, 0.3) is 0 Å². The molecule has 0 fully saturated rings. The van der Waals surface area contributed by atoms with Gasteiger partial charge in [-0.3, -0.25) is 0 Å². The Labute approximate surface area is 92.8 Å². The van der Waals surface area contributed by atoms with E-state index in [0.29, 0.717) is 25.0 Å². The third kappa shape index (κ3) is 3.10. The number of unbranched alkanes of at least 4 members (excludes halogenated alkanes) is 1. The molecule has 1 atom stereocenters. The minimum atomic E-state index is -0.933. The highest BCUT2D eigenvalue weighted by atomic mass is 19.1. The third-order valence-electron chi connectivity index (χ3n) is 2.34. The standard InChI is InChI=1S/C12H14F3N/c1-2-3-4-5-11(16)12-9(14)6-8(13)7-10(12)15/h2,6-7,11H,1,3-5,16H2. The van der Waals surface area contributed by atoms with Crippen LogP contribution in [-0.4, -0.2) is 0 Å². The molecule has 0 saturated heterocycles. The highest BCUT2D eigenvalue weighted by Crippen LogP contribution is 2.24. The van der Waals surface area contributed by atoms with Gasteiger partial charge in [0, 0.05) is 23.7 Å². The predicted octanol–water partition coefficient (Wildman–Crippen LogP) is 3.46. The molecule has 4 heteroatoms. The molecular weight excluding hydrogens is 215 g/mol. The van der Waals surface area contributed by atoms with E-state index in [1.54, 1.807) is 6.08 Å². The van der Waals surface area contributed by atoms with Gasteiger partial charge in [0.15, 0.2) is 0 Å². The molecule has 0 amide bonds. The molecule has 1 rings (SSSR count). The van der Waals surface area contributed by atoms with E-state index in [4.69, 9.17) is 5.73 Å². The van der Waals surface area contributed by atoms with Crippen molar-refractivity contribution in [1.29, 1.82) is 0 Å². The summed E-state index contributed by atoms with van der Waals surface area (Å²) in [6.07, 6.45) is 3.58. The summed E-state index contributed by atoms with van der Waals surface area (Å²) in [7, 11) is 0. The lowest BCUT2D eigenvalue weighted by Gasteiger charge is -2.13. The molecular formula is C12H14F3N. The van der Waals surface area contributed by atoms with Gasteiger partial charge in [-0.15, -0.1) is 6.58 Å². The summed E-state index contributed by atoms with van der Waals surface area (Å²) in [6.45, 7) is 3.54. The normalized spacial score (nSPS) is 12.5. The number of hydrogen-bond acceptors (Lipinski definition) is 1. The van der Waals surface area contributed by atoms with Crippen molar-refractivity contribution in [2.45, 2.75) is 25.3 Å². The van der Waals surface area contributed by atoms with Crippen LogP contribution in [0, 0.1) is 17.5 Å². The Morgan fingerprint density at radius 1 is 1.25 bits per heavy atom. The average molecular weight is 229 g/mol. The Morgan fingerprint density at radius 3 is 2.31 bits per heavy atom. The second-order valence-corrected chi connectivity index (χ2v) is 3.61. The van der Waals surface area contributed by atoms with Gasteiger partial charge in [0.05, 0.1) is 0 Å². The molecule has 0 saturated carbocycles. The van der Waals surface area contributed by atoms with Crippen molar-refractivity contribution in [2.24, 2.45) is 5.73 Å². The SMILES string of the molecule is C=CCCCC(N)c1c(F)cc(F)cc1F. The second kappa shape index (κ2) is 5.70. The maximum Gasteiger partial charge on any atom is 0.133 e. The van der Waals surface area contributed by atoms with Crippen molar-refractivity contribution in [3.63, 3.8) is 0 Å². The number of rotatable bonds is 5. The molecule has 0 aliphatic carbocycles. The van der Waals surface area contributed by atoms with Crippen molar-refractivity contribution in [1.82, 2.24) is 0 Å². The quantitative estimate of drug-likeness (QED) is 0.607. The van der Waals surface area contributed by atoms with E-state index in [-0.39, 0.29) is 5.56 Å². The van der Waals surface area contributed by atoms with Crippen molar-refractivity contribution in [3.8, 4) is 0 Å². The van der Waals surface area contributed by atoms with Gasteiger partial charge in [-0.25, -0.2) is 13.2 Å². The van der Waals surface area contributed by atoms with E-state index in [9.17, 15) is 13.2 Å². The van der Waals surface area contributed by atoms with Crippen molar-refractivity contribution in [2.75, 3.05) is 0 Å². The molecule has 0 bridgehead atoms. The van der Waals surface area contributed by atoms with Crippen LogP contribution in [0.4, 0.5) is 13.2 Å². The Balaban J connectivity index is 2.82. The molecule has 0 heterocycles. The van der Waals surface area contributed by atoms with E-state index < -0.39 is 23.5 Å². The Bertz CT molecular complexity index is 354. The summed E-state index contributed by atoms with van der Waals surface area (Å²) in [5.41, 5.74) is 5.41. The molecule has 1 aromatic rings. The Kier molecular flexibility index (Phi) is 4.55. The zero-order chi connectivity index (χ0) is 12.1. The Hall–Kier alpha value is -1.29. The molecule has 0 aromatic heterocycles. The van der Waals surface area contributed by atoms with Crippen LogP contribution in [0.2, 0.25) is 0 Å². The maximum atomic E-state index is 13.3. The van der Waals surface area contributed by atoms with Gasteiger partial charge >= 0.3 is 0 Å². The van der Waals surface area contributed by atoms with Crippen LogP contribution in [-0.2, 0) is 0 Å². The molecule has 0 aliphatic rings. The number of nitrogens with two attached hydrogens (primary N) is 1. The summed E-state index contributed by atoms with van der Waals surface area (Å²) in [6, 6.07) is 0.540. The highest BCUT2D eigenvalue weighted by Gasteiger charge is 2.17. The van der Waals surface area contributed by atoms with Crippen LogP contribution in [0.15, 0.2) is 24.8 Å². The first-order chi connectivity index (χ1) is 7.56. The monoisotopic (exact) mass is 229 g/mol. The van der Waals surface area contributed by atoms with Crippen LogP contribution < -0.4 is 5.73 Å². The minimum absolute atomic E-state index is 0.245. The lowest BCUT2D eigenvalue weighted by atomic mass is 10.0. The fraction of sp³-hybridized carbons (Fsp3) is 0.333. The predicted molar refractivity (Wildman–Crippen MR) is 57.3 cm³/mol. The molecule has 0 aliphatic heterocycles. The van der Waals surface area contributed by atoms with E-state index in [1.165, 1.54) is 0 Å². The van der Waals surface area contributed by atoms with E-state index in [0.717, 1.165) is 6.42 Å². The lowest BCUT2D eigenvalue weighted by Crippen LogP contribution is -2.14. The first-order valence-corrected chi connectivity index (χ1v) is 5.07. The molecule has 88 valence electrons. The zero-order valence-electron chi connectivity index (χ0n) is 8.85. The van der Waals surface area contributed by atoms with Crippen molar-refractivity contribution < 1.29 is 13.2 Å². The Morgan fingerprint density at radius 2 is 1.81 bits per heavy atom. The molecule has 1 aromatic carbocycles. The number of benzene rings is 1. The summed E-state index contributed by atoms with van der Waals surface area (Å²) >= 11 is 0. The fourth-order valence-electron chi connectivity index (χ4n) is 1.53. The van der Waals surface area contributed by atoms with Crippen LogP contribution >= 0.6 is 0 Å². The number of allylic oxidation sites excluding steroid dienone is 1. The first-order valence-electron chi connectivity index (χ1n) is 5.07. The van der Waals surface area contributed by atoms with Crippen molar-refractivity contribution in [3.05, 3.63) is 47.8 Å². The molecule has 16 heavy (non-hydrogen) atoms. The van der Waals surface area contributed by atoms with Crippen LogP contribution in [0.25, 0.3) is 0 Å². The number of hydrogen-bond donors (Lipinski definition) is 1. The average Bonchev–Trinajstić information content (AvgIpc) is 2.16. The second-order valence-electron chi connectivity index (χ2n) is 3.61. The summed E-state index contributed by atoms with van der Waals surface area (Å²) in [5.74, 6) is -2.79. The van der Waals surface area contributed by atoms with Crippen LogP contribution in [0.3, 0.4) is 0 Å². The van der Waals surface area contributed by atoms with Crippen LogP contribution in [0.5, 0.6) is 0 Å². The van der Waals surface area contributed by atoms with E-state index >= 15 is 0 Å². The molecule has 0 radical (unpaired) electrons. The summed E-state index contributed by atoms with van der Waals surface area (Å²) in [4.78, 5) is 0. The zero-order valence-corrected chi connectivity index (χ0v) is 8.85. The number of halogens is 3. The van der Waals surface area contributed by atoms with Gasteiger partial charge < -0.3 is 5.73 Å². The highest BCUT2D eigenvalue weighted by molar-refractivity contribution is 5.23. The van der Waals surface area contributed by atoms with E-state index in [2.05, 4.69) is 6.58 Å².